The van der Waals surface area contributed by atoms with Crippen molar-refractivity contribution in [1.82, 2.24) is 15.5 Å². The van der Waals surface area contributed by atoms with Gasteiger partial charge >= 0.3 is 6.03 Å². The summed E-state index contributed by atoms with van der Waals surface area (Å²) in [5, 5.41) is 9.85. The van der Waals surface area contributed by atoms with E-state index >= 15 is 0 Å². The number of nitrogens with zero attached hydrogens (tertiary/aromatic N) is 1. The SMILES string of the molecule is CN(CCNC(=O)NCc1ccsc1)C1CCCC1. The molecule has 5 heteroatoms. The Morgan fingerprint density at radius 2 is 2.21 bits per heavy atom. The summed E-state index contributed by atoms with van der Waals surface area (Å²) in [4.78, 5) is 14.0. The van der Waals surface area contributed by atoms with E-state index in [0.717, 1.165) is 18.2 Å². The summed E-state index contributed by atoms with van der Waals surface area (Å²) in [5.74, 6) is 0. The number of carbonyl (C=O) groups is 1. The van der Waals surface area contributed by atoms with Crippen LogP contribution in [0.3, 0.4) is 0 Å². The fourth-order valence-electron chi connectivity index (χ4n) is 2.51. The molecular formula is C14H23N3OS. The van der Waals surface area contributed by atoms with Crippen LogP contribution in [0.4, 0.5) is 4.79 Å². The standard InChI is InChI=1S/C14H23N3OS/c1-17(13-4-2-3-5-13)8-7-15-14(18)16-10-12-6-9-19-11-12/h6,9,11,13H,2-5,7-8,10H2,1H3,(H2,15,16,18). The van der Waals surface area contributed by atoms with Gasteiger partial charge < -0.3 is 15.5 Å². The number of hydrogen-bond donors (Lipinski definition) is 2. The van der Waals surface area contributed by atoms with E-state index < -0.39 is 0 Å². The molecule has 2 amide bonds. The highest BCUT2D eigenvalue weighted by molar-refractivity contribution is 7.07. The van der Waals surface area contributed by atoms with Gasteiger partial charge in [-0.05, 0) is 42.3 Å². The lowest BCUT2D eigenvalue weighted by Crippen LogP contribution is -2.41. The Morgan fingerprint density at radius 3 is 2.89 bits per heavy atom. The molecule has 0 spiro atoms. The molecule has 1 fully saturated rings. The minimum Gasteiger partial charge on any atom is -0.337 e. The van der Waals surface area contributed by atoms with Gasteiger partial charge in [-0.25, -0.2) is 4.79 Å². The van der Waals surface area contributed by atoms with Crippen LogP contribution in [-0.2, 0) is 6.54 Å². The first-order valence-electron chi connectivity index (χ1n) is 6.99. The van der Waals surface area contributed by atoms with Gasteiger partial charge in [0.2, 0.25) is 0 Å². The van der Waals surface area contributed by atoms with Crippen molar-refractivity contribution in [1.29, 1.82) is 0 Å². The third-order valence-electron chi connectivity index (χ3n) is 3.73. The van der Waals surface area contributed by atoms with Crippen molar-refractivity contribution in [3.63, 3.8) is 0 Å². The van der Waals surface area contributed by atoms with E-state index in [1.54, 1.807) is 11.3 Å². The number of urea groups is 1. The van der Waals surface area contributed by atoms with Crippen LogP contribution in [0, 0.1) is 0 Å². The summed E-state index contributed by atoms with van der Waals surface area (Å²) in [6.07, 6.45) is 5.31. The fourth-order valence-corrected chi connectivity index (χ4v) is 3.18. The number of likely N-dealkylation sites (N-methyl/N-ethyl adjacent to an activating group) is 1. The summed E-state index contributed by atoms with van der Waals surface area (Å²) in [6, 6.07) is 2.67. The molecule has 106 valence electrons. The maximum absolute atomic E-state index is 11.6. The third kappa shape index (κ3) is 4.84. The largest absolute Gasteiger partial charge is 0.337 e. The molecule has 19 heavy (non-hydrogen) atoms. The average Bonchev–Trinajstić information content (AvgIpc) is 3.09. The van der Waals surface area contributed by atoms with Crippen LogP contribution in [0.5, 0.6) is 0 Å². The molecule has 4 nitrogen and oxygen atoms in total. The first kappa shape index (κ1) is 14.3. The molecule has 1 aromatic rings. The van der Waals surface area contributed by atoms with Crippen LogP contribution in [-0.4, -0.2) is 37.1 Å². The normalized spacial score (nSPS) is 15.9. The van der Waals surface area contributed by atoms with Crippen molar-refractivity contribution in [3.8, 4) is 0 Å². The molecule has 0 bridgehead atoms. The van der Waals surface area contributed by atoms with Crippen LogP contribution >= 0.6 is 11.3 Å². The monoisotopic (exact) mass is 281 g/mol. The predicted octanol–water partition coefficient (Wildman–Crippen LogP) is 2.42. The van der Waals surface area contributed by atoms with E-state index in [4.69, 9.17) is 0 Å². The van der Waals surface area contributed by atoms with E-state index in [0.29, 0.717) is 13.1 Å². The highest BCUT2D eigenvalue weighted by Crippen LogP contribution is 2.21. The van der Waals surface area contributed by atoms with Gasteiger partial charge in [0.25, 0.3) is 0 Å². The molecule has 1 aromatic heterocycles. The Morgan fingerprint density at radius 1 is 1.42 bits per heavy atom. The van der Waals surface area contributed by atoms with Gasteiger partial charge in [-0.1, -0.05) is 12.8 Å². The molecule has 0 saturated heterocycles. The maximum Gasteiger partial charge on any atom is 0.315 e. The van der Waals surface area contributed by atoms with Crippen molar-refractivity contribution in [2.75, 3.05) is 20.1 Å². The van der Waals surface area contributed by atoms with Crippen molar-refractivity contribution < 1.29 is 4.79 Å². The molecule has 1 aliphatic rings. The van der Waals surface area contributed by atoms with Crippen LogP contribution in [0.1, 0.15) is 31.2 Å². The zero-order valence-electron chi connectivity index (χ0n) is 11.5. The molecule has 0 unspecified atom stereocenters. The van der Waals surface area contributed by atoms with Crippen molar-refractivity contribution in [3.05, 3.63) is 22.4 Å². The number of thiophene rings is 1. The number of rotatable bonds is 6. The van der Waals surface area contributed by atoms with Crippen molar-refractivity contribution in [2.45, 2.75) is 38.3 Å². The highest BCUT2D eigenvalue weighted by atomic mass is 32.1. The quantitative estimate of drug-likeness (QED) is 0.841. The van der Waals surface area contributed by atoms with Crippen LogP contribution in [0.25, 0.3) is 0 Å². The Kier molecular flexibility index (Phi) is 5.66. The summed E-state index contributed by atoms with van der Waals surface area (Å²) in [5.41, 5.74) is 1.16. The molecule has 2 rings (SSSR count). The predicted molar refractivity (Wildman–Crippen MR) is 79.4 cm³/mol. The van der Waals surface area contributed by atoms with E-state index in [9.17, 15) is 4.79 Å². The van der Waals surface area contributed by atoms with Crippen LogP contribution in [0.2, 0.25) is 0 Å². The third-order valence-corrected chi connectivity index (χ3v) is 4.46. The van der Waals surface area contributed by atoms with E-state index in [1.165, 1.54) is 25.7 Å². The summed E-state index contributed by atoms with van der Waals surface area (Å²) < 4.78 is 0. The van der Waals surface area contributed by atoms with Gasteiger partial charge in [-0.15, -0.1) is 0 Å². The fraction of sp³-hybridized carbons (Fsp3) is 0.643. The van der Waals surface area contributed by atoms with E-state index in [2.05, 4.69) is 22.6 Å². The molecule has 0 radical (unpaired) electrons. The topological polar surface area (TPSA) is 44.4 Å². The van der Waals surface area contributed by atoms with Gasteiger partial charge in [-0.3, -0.25) is 0 Å². The number of nitrogens with one attached hydrogen (secondary N) is 2. The van der Waals surface area contributed by atoms with Crippen LogP contribution < -0.4 is 10.6 Å². The minimum absolute atomic E-state index is 0.0778. The van der Waals surface area contributed by atoms with Crippen molar-refractivity contribution in [2.24, 2.45) is 0 Å². The zero-order chi connectivity index (χ0) is 13.5. The van der Waals surface area contributed by atoms with Gasteiger partial charge in [0.05, 0.1) is 0 Å². The zero-order valence-corrected chi connectivity index (χ0v) is 12.3. The number of hydrogen-bond acceptors (Lipinski definition) is 3. The summed E-state index contributed by atoms with van der Waals surface area (Å²) >= 11 is 1.65. The maximum atomic E-state index is 11.6. The average molecular weight is 281 g/mol. The lowest BCUT2D eigenvalue weighted by Gasteiger charge is -2.23. The summed E-state index contributed by atoms with van der Waals surface area (Å²) in [6.45, 7) is 2.24. The van der Waals surface area contributed by atoms with Gasteiger partial charge in [0, 0.05) is 25.7 Å². The van der Waals surface area contributed by atoms with Crippen molar-refractivity contribution >= 4 is 17.4 Å². The second kappa shape index (κ2) is 7.50. The first-order valence-corrected chi connectivity index (χ1v) is 7.93. The Balaban J connectivity index is 1.55. The van der Waals surface area contributed by atoms with Crippen LogP contribution in [0.15, 0.2) is 16.8 Å². The lowest BCUT2D eigenvalue weighted by molar-refractivity contribution is 0.228. The Hall–Kier alpha value is -1.07. The molecular weight excluding hydrogens is 258 g/mol. The first-order chi connectivity index (χ1) is 9.25. The van der Waals surface area contributed by atoms with E-state index in [-0.39, 0.29) is 6.03 Å². The molecule has 1 saturated carbocycles. The molecule has 1 aliphatic carbocycles. The molecule has 2 N–H and O–H groups in total. The van der Waals surface area contributed by atoms with Gasteiger partial charge in [0.15, 0.2) is 0 Å². The minimum atomic E-state index is -0.0778. The highest BCUT2D eigenvalue weighted by Gasteiger charge is 2.18. The van der Waals surface area contributed by atoms with E-state index in [1.807, 2.05) is 16.8 Å². The molecule has 1 heterocycles. The molecule has 0 atom stereocenters. The Bertz CT molecular complexity index is 374. The second-order valence-corrected chi connectivity index (χ2v) is 5.94. The number of carbonyl (C=O) groups excluding carboxylic acids is 1. The second-order valence-electron chi connectivity index (χ2n) is 5.16. The lowest BCUT2D eigenvalue weighted by atomic mass is 10.2. The van der Waals surface area contributed by atoms with Gasteiger partial charge in [0.1, 0.15) is 0 Å². The van der Waals surface area contributed by atoms with Gasteiger partial charge in [-0.2, -0.15) is 11.3 Å². The molecule has 0 aromatic carbocycles. The Labute approximate surface area is 119 Å². The molecule has 0 aliphatic heterocycles. The summed E-state index contributed by atoms with van der Waals surface area (Å²) in [7, 11) is 2.15. The smallest absolute Gasteiger partial charge is 0.315 e. The number of amides is 2.